The van der Waals surface area contributed by atoms with Crippen LogP contribution in [0.4, 0.5) is 11.4 Å². The summed E-state index contributed by atoms with van der Waals surface area (Å²) >= 11 is 1.44. The molecular weight excluding hydrogens is 372 g/mol. The largest absolute Gasteiger partial charge is 0.483 e. The van der Waals surface area contributed by atoms with Crippen molar-refractivity contribution in [2.75, 3.05) is 23.4 Å². The fourth-order valence-corrected chi connectivity index (χ4v) is 3.93. The molecule has 1 aromatic heterocycles. The van der Waals surface area contributed by atoms with E-state index in [0.29, 0.717) is 22.9 Å². The number of nitrogens with one attached hydrogen (secondary N) is 1. The van der Waals surface area contributed by atoms with Crippen LogP contribution in [-0.2, 0) is 11.2 Å². The number of aryl methyl sites for hydroxylation is 1. The fourth-order valence-electron chi connectivity index (χ4n) is 3.26. The SMILES string of the molecule is Cc1ccccc1OCC(=O)Nc1ccc2c(c1)N(C(=O)c1cccs1)CC2. The van der Waals surface area contributed by atoms with Crippen molar-refractivity contribution in [1.29, 1.82) is 0 Å². The van der Waals surface area contributed by atoms with Gasteiger partial charge in [0.1, 0.15) is 5.75 Å². The average molecular weight is 392 g/mol. The quantitative estimate of drug-likeness (QED) is 0.705. The van der Waals surface area contributed by atoms with Crippen LogP contribution in [0.5, 0.6) is 5.75 Å². The van der Waals surface area contributed by atoms with E-state index in [2.05, 4.69) is 5.32 Å². The topological polar surface area (TPSA) is 58.6 Å². The summed E-state index contributed by atoms with van der Waals surface area (Å²) in [6.45, 7) is 2.52. The first-order chi connectivity index (χ1) is 13.6. The van der Waals surface area contributed by atoms with Crippen molar-refractivity contribution in [3.8, 4) is 5.75 Å². The Morgan fingerprint density at radius 3 is 2.79 bits per heavy atom. The summed E-state index contributed by atoms with van der Waals surface area (Å²) < 4.78 is 5.60. The van der Waals surface area contributed by atoms with E-state index in [0.717, 1.165) is 23.2 Å². The van der Waals surface area contributed by atoms with Gasteiger partial charge in [-0.3, -0.25) is 9.59 Å². The lowest BCUT2D eigenvalue weighted by atomic mass is 10.1. The molecule has 1 aliphatic heterocycles. The standard InChI is InChI=1S/C22H20N2O3S/c1-15-5-2-3-6-19(15)27-14-21(25)23-17-9-8-16-10-11-24(18(16)13-17)22(26)20-7-4-12-28-20/h2-9,12-13H,10-11,14H2,1H3,(H,23,25). The lowest BCUT2D eigenvalue weighted by molar-refractivity contribution is -0.118. The van der Waals surface area contributed by atoms with Crippen LogP contribution in [0, 0.1) is 6.92 Å². The Balaban J connectivity index is 1.44. The summed E-state index contributed by atoms with van der Waals surface area (Å²) in [6.07, 6.45) is 0.817. The second kappa shape index (κ2) is 7.86. The minimum absolute atomic E-state index is 0.000104. The minimum atomic E-state index is -0.239. The third kappa shape index (κ3) is 3.77. The van der Waals surface area contributed by atoms with Crippen molar-refractivity contribution in [1.82, 2.24) is 0 Å². The van der Waals surface area contributed by atoms with E-state index < -0.39 is 0 Å². The third-order valence-electron chi connectivity index (χ3n) is 4.69. The van der Waals surface area contributed by atoms with E-state index in [4.69, 9.17) is 4.74 Å². The van der Waals surface area contributed by atoms with Gasteiger partial charge in [-0.25, -0.2) is 0 Å². The Bertz CT molecular complexity index is 1010. The molecule has 2 amide bonds. The predicted molar refractivity (Wildman–Crippen MR) is 111 cm³/mol. The Labute approximate surface area is 167 Å². The average Bonchev–Trinajstić information content (AvgIpc) is 3.37. The number of carbonyl (C=O) groups excluding carboxylic acids is 2. The highest BCUT2D eigenvalue weighted by molar-refractivity contribution is 7.12. The summed E-state index contributed by atoms with van der Waals surface area (Å²) in [5.41, 5.74) is 3.61. The van der Waals surface area contributed by atoms with Crippen LogP contribution in [0.15, 0.2) is 60.0 Å². The molecule has 1 N–H and O–H groups in total. The summed E-state index contributed by atoms with van der Waals surface area (Å²) in [6, 6.07) is 17.0. The highest BCUT2D eigenvalue weighted by Crippen LogP contribution is 2.32. The second-order valence-electron chi connectivity index (χ2n) is 6.63. The van der Waals surface area contributed by atoms with Gasteiger partial charge in [0.15, 0.2) is 6.61 Å². The number of amides is 2. The van der Waals surface area contributed by atoms with Crippen molar-refractivity contribution in [2.45, 2.75) is 13.3 Å². The van der Waals surface area contributed by atoms with Gasteiger partial charge in [-0.2, -0.15) is 0 Å². The van der Waals surface area contributed by atoms with E-state index in [-0.39, 0.29) is 18.4 Å². The first kappa shape index (κ1) is 18.3. The molecule has 0 fully saturated rings. The van der Waals surface area contributed by atoms with Gasteiger partial charge in [-0.15, -0.1) is 11.3 Å². The normalized spacial score (nSPS) is 12.5. The maximum atomic E-state index is 12.7. The molecule has 0 atom stereocenters. The number of anilines is 2. The molecule has 6 heteroatoms. The van der Waals surface area contributed by atoms with E-state index in [1.54, 1.807) is 4.90 Å². The van der Waals surface area contributed by atoms with Crippen LogP contribution in [0.2, 0.25) is 0 Å². The number of ether oxygens (including phenoxy) is 1. The number of thiophene rings is 1. The molecule has 2 aromatic carbocycles. The van der Waals surface area contributed by atoms with Crippen LogP contribution in [0.3, 0.4) is 0 Å². The monoisotopic (exact) mass is 392 g/mol. The van der Waals surface area contributed by atoms with Crippen molar-refractivity contribution in [3.05, 3.63) is 76.0 Å². The lowest BCUT2D eigenvalue weighted by Crippen LogP contribution is -2.28. The zero-order chi connectivity index (χ0) is 19.5. The molecule has 4 rings (SSSR count). The molecule has 0 bridgehead atoms. The molecule has 5 nitrogen and oxygen atoms in total. The molecular formula is C22H20N2O3S. The molecule has 0 aliphatic carbocycles. The lowest BCUT2D eigenvalue weighted by Gasteiger charge is -2.17. The van der Waals surface area contributed by atoms with E-state index in [1.165, 1.54) is 11.3 Å². The Kier molecular flexibility index (Phi) is 5.12. The number of hydrogen-bond donors (Lipinski definition) is 1. The molecule has 0 saturated carbocycles. The predicted octanol–water partition coefficient (Wildman–Crippen LogP) is 4.28. The van der Waals surface area contributed by atoms with E-state index in [1.807, 2.05) is 66.9 Å². The van der Waals surface area contributed by atoms with Gasteiger partial charge in [0, 0.05) is 17.9 Å². The summed E-state index contributed by atoms with van der Waals surface area (Å²) in [7, 11) is 0. The van der Waals surface area contributed by atoms with Gasteiger partial charge in [-0.05, 0) is 54.1 Å². The number of carbonyl (C=O) groups is 2. The van der Waals surface area contributed by atoms with Crippen molar-refractivity contribution >= 4 is 34.5 Å². The zero-order valence-corrected chi connectivity index (χ0v) is 16.3. The van der Waals surface area contributed by atoms with Crippen molar-refractivity contribution < 1.29 is 14.3 Å². The second-order valence-corrected chi connectivity index (χ2v) is 7.58. The number of rotatable bonds is 5. The zero-order valence-electron chi connectivity index (χ0n) is 15.5. The van der Waals surface area contributed by atoms with Gasteiger partial charge in [-0.1, -0.05) is 30.3 Å². The molecule has 2 heterocycles. The summed E-state index contributed by atoms with van der Waals surface area (Å²) in [4.78, 5) is 27.5. The van der Waals surface area contributed by atoms with Crippen LogP contribution in [0.25, 0.3) is 0 Å². The van der Waals surface area contributed by atoms with Gasteiger partial charge in [0.05, 0.1) is 4.88 Å². The maximum Gasteiger partial charge on any atom is 0.268 e. The minimum Gasteiger partial charge on any atom is -0.483 e. The summed E-state index contributed by atoms with van der Waals surface area (Å²) in [5.74, 6) is 0.455. The van der Waals surface area contributed by atoms with Gasteiger partial charge in [0.2, 0.25) is 0 Å². The Morgan fingerprint density at radius 1 is 1.14 bits per heavy atom. The molecule has 0 unspecified atom stereocenters. The first-order valence-corrected chi connectivity index (χ1v) is 9.96. The van der Waals surface area contributed by atoms with Gasteiger partial charge < -0.3 is 15.0 Å². The van der Waals surface area contributed by atoms with Crippen LogP contribution in [-0.4, -0.2) is 25.0 Å². The highest BCUT2D eigenvalue weighted by Gasteiger charge is 2.26. The molecule has 0 spiro atoms. The molecule has 3 aromatic rings. The molecule has 28 heavy (non-hydrogen) atoms. The van der Waals surface area contributed by atoms with Crippen molar-refractivity contribution in [3.63, 3.8) is 0 Å². The molecule has 1 aliphatic rings. The van der Waals surface area contributed by atoms with Crippen LogP contribution < -0.4 is 15.0 Å². The van der Waals surface area contributed by atoms with Crippen LogP contribution in [0.1, 0.15) is 20.8 Å². The van der Waals surface area contributed by atoms with E-state index in [9.17, 15) is 9.59 Å². The maximum absolute atomic E-state index is 12.7. The van der Waals surface area contributed by atoms with E-state index >= 15 is 0 Å². The number of para-hydroxylation sites is 1. The fraction of sp³-hybridized carbons (Fsp3) is 0.182. The number of fused-ring (bicyclic) bond motifs is 1. The molecule has 0 saturated heterocycles. The Hall–Kier alpha value is -3.12. The first-order valence-electron chi connectivity index (χ1n) is 9.08. The smallest absolute Gasteiger partial charge is 0.268 e. The third-order valence-corrected chi connectivity index (χ3v) is 5.55. The number of benzene rings is 2. The number of nitrogens with zero attached hydrogens (tertiary/aromatic N) is 1. The molecule has 142 valence electrons. The highest BCUT2D eigenvalue weighted by atomic mass is 32.1. The van der Waals surface area contributed by atoms with Crippen LogP contribution >= 0.6 is 11.3 Å². The van der Waals surface area contributed by atoms with Gasteiger partial charge >= 0.3 is 0 Å². The number of hydrogen-bond acceptors (Lipinski definition) is 4. The summed E-state index contributed by atoms with van der Waals surface area (Å²) in [5, 5.41) is 4.75. The van der Waals surface area contributed by atoms with Crippen molar-refractivity contribution in [2.24, 2.45) is 0 Å². The van der Waals surface area contributed by atoms with Gasteiger partial charge in [0.25, 0.3) is 11.8 Å². The molecule has 0 radical (unpaired) electrons. The Morgan fingerprint density at radius 2 is 2.00 bits per heavy atom.